The maximum atomic E-state index is 11.5. The number of nitrogens with zero attached hydrogens (tertiary/aromatic N) is 3. The minimum Gasteiger partial charge on any atom is -0.467 e. The highest BCUT2D eigenvalue weighted by molar-refractivity contribution is 7.99. The molecule has 0 aliphatic carbocycles. The van der Waals surface area contributed by atoms with E-state index in [1.165, 1.54) is 24.2 Å². The van der Waals surface area contributed by atoms with Gasteiger partial charge in [0, 0.05) is 28.1 Å². The van der Waals surface area contributed by atoms with Crippen LogP contribution in [0, 0.1) is 0 Å². The highest BCUT2D eigenvalue weighted by Crippen LogP contribution is 2.34. The largest absolute Gasteiger partial charge is 0.467 e. The summed E-state index contributed by atoms with van der Waals surface area (Å²) in [5.74, 6) is 1.43. The predicted octanol–water partition coefficient (Wildman–Crippen LogP) is 5.91. The molecule has 6 nitrogen and oxygen atoms in total. The lowest BCUT2D eigenvalue weighted by molar-refractivity contribution is -0.114. The van der Waals surface area contributed by atoms with Crippen LogP contribution in [0.15, 0.2) is 75.3 Å². The molecule has 2 aromatic heterocycles. The van der Waals surface area contributed by atoms with Gasteiger partial charge in [0.1, 0.15) is 5.76 Å². The summed E-state index contributed by atoms with van der Waals surface area (Å²) < 4.78 is 7.60. The summed E-state index contributed by atoms with van der Waals surface area (Å²) in [4.78, 5) is 12.5. The van der Waals surface area contributed by atoms with Crippen LogP contribution in [0.3, 0.4) is 0 Å². The maximum Gasteiger partial charge on any atom is 0.221 e. The lowest BCUT2D eigenvalue weighted by Crippen LogP contribution is -2.06. The number of anilines is 1. The van der Waals surface area contributed by atoms with Crippen LogP contribution in [0.4, 0.5) is 5.69 Å². The molecule has 0 saturated heterocycles. The molecule has 0 bridgehead atoms. The normalized spacial score (nSPS) is 10.9. The third kappa shape index (κ3) is 5.00. The lowest BCUT2D eigenvalue weighted by Gasteiger charge is -2.12. The number of carbonyl (C=O) groups excluding carboxylic acids is 1. The summed E-state index contributed by atoms with van der Waals surface area (Å²) >= 11 is 7.58. The highest BCUT2D eigenvalue weighted by atomic mass is 35.5. The summed E-state index contributed by atoms with van der Waals surface area (Å²) in [5.41, 5.74) is 2.83. The van der Waals surface area contributed by atoms with Gasteiger partial charge in [-0.15, -0.1) is 10.2 Å². The van der Waals surface area contributed by atoms with Crippen molar-refractivity contribution in [1.82, 2.24) is 14.8 Å². The molecule has 0 fully saturated rings. The Morgan fingerprint density at radius 2 is 1.97 bits per heavy atom. The van der Waals surface area contributed by atoms with Gasteiger partial charge in [-0.25, -0.2) is 0 Å². The second-order valence-corrected chi connectivity index (χ2v) is 8.38. The minimum atomic E-state index is -0.105. The smallest absolute Gasteiger partial charge is 0.221 e. The van der Waals surface area contributed by atoms with Gasteiger partial charge in [-0.2, -0.15) is 0 Å². The predicted molar refractivity (Wildman–Crippen MR) is 123 cm³/mol. The number of aromatic nitrogens is 3. The van der Waals surface area contributed by atoms with Crippen molar-refractivity contribution in [3.8, 4) is 11.4 Å². The lowest BCUT2D eigenvalue weighted by atomic mass is 10.1. The van der Waals surface area contributed by atoms with Crippen LogP contribution in [-0.4, -0.2) is 20.7 Å². The van der Waals surface area contributed by atoms with Crippen molar-refractivity contribution in [3.63, 3.8) is 0 Å². The standard InChI is InChI=1S/C23H21ClN4O2S/c1-3-16-8-11-19(25-15(2)29)13-21(16)31-23-27-26-22(17-6-9-18(24)10-7-17)28(23)14-20-5-4-12-30-20/h4-13H,3,14H2,1-2H3,(H,25,29). The Hall–Kier alpha value is -3.03. The second kappa shape index (κ2) is 9.41. The highest BCUT2D eigenvalue weighted by Gasteiger charge is 2.18. The van der Waals surface area contributed by atoms with Crippen molar-refractivity contribution >= 4 is 35.0 Å². The molecular weight excluding hydrogens is 432 g/mol. The first-order chi connectivity index (χ1) is 15.0. The fraction of sp³-hybridized carbons (Fsp3) is 0.174. The molecule has 0 aliphatic rings. The number of hydrogen-bond acceptors (Lipinski definition) is 5. The van der Waals surface area contributed by atoms with Crippen molar-refractivity contribution in [2.24, 2.45) is 0 Å². The quantitative estimate of drug-likeness (QED) is 0.377. The van der Waals surface area contributed by atoms with E-state index < -0.39 is 0 Å². The van der Waals surface area contributed by atoms with E-state index in [1.807, 2.05) is 59.2 Å². The monoisotopic (exact) mass is 452 g/mol. The number of benzene rings is 2. The third-order valence-electron chi connectivity index (χ3n) is 4.68. The van der Waals surface area contributed by atoms with Crippen LogP contribution in [0.25, 0.3) is 11.4 Å². The van der Waals surface area contributed by atoms with Crippen molar-refractivity contribution in [1.29, 1.82) is 0 Å². The van der Waals surface area contributed by atoms with Gasteiger partial charge in [-0.3, -0.25) is 9.36 Å². The van der Waals surface area contributed by atoms with Crippen molar-refractivity contribution in [3.05, 3.63) is 77.2 Å². The molecule has 0 atom stereocenters. The summed E-state index contributed by atoms with van der Waals surface area (Å²) in [6, 6.07) is 17.2. The topological polar surface area (TPSA) is 73.0 Å². The van der Waals surface area contributed by atoms with Crippen LogP contribution in [0.5, 0.6) is 0 Å². The molecular formula is C23H21ClN4O2S. The molecule has 31 heavy (non-hydrogen) atoms. The molecule has 1 N–H and O–H groups in total. The molecule has 0 radical (unpaired) electrons. The van der Waals surface area contributed by atoms with Gasteiger partial charge in [0.15, 0.2) is 11.0 Å². The molecule has 0 spiro atoms. The number of hydrogen-bond donors (Lipinski definition) is 1. The average Bonchev–Trinajstić information content (AvgIpc) is 3.40. The van der Waals surface area contributed by atoms with Crippen molar-refractivity contribution in [2.45, 2.75) is 36.9 Å². The Morgan fingerprint density at radius 1 is 1.16 bits per heavy atom. The number of carbonyl (C=O) groups is 1. The first kappa shape index (κ1) is 21.2. The zero-order valence-corrected chi connectivity index (χ0v) is 18.7. The van der Waals surface area contributed by atoms with Crippen molar-refractivity contribution in [2.75, 3.05) is 5.32 Å². The van der Waals surface area contributed by atoms with Gasteiger partial charge in [0.05, 0.1) is 12.8 Å². The second-order valence-electron chi connectivity index (χ2n) is 6.94. The fourth-order valence-corrected chi connectivity index (χ4v) is 4.39. The van der Waals surface area contributed by atoms with Crippen LogP contribution in [0.1, 0.15) is 25.2 Å². The average molecular weight is 453 g/mol. The number of halogens is 1. The van der Waals surface area contributed by atoms with Gasteiger partial charge in [0.2, 0.25) is 5.91 Å². The summed E-state index contributed by atoms with van der Waals surface area (Å²) in [7, 11) is 0. The summed E-state index contributed by atoms with van der Waals surface area (Å²) in [6.45, 7) is 4.09. The van der Waals surface area contributed by atoms with Crippen LogP contribution in [0.2, 0.25) is 5.02 Å². The van der Waals surface area contributed by atoms with E-state index in [9.17, 15) is 4.79 Å². The molecule has 2 aromatic carbocycles. The maximum absolute atomic E-state index is 11.5. The Morgan fingerprint density at radius 3 is 2.65 bits per heavy atom. The van der Waals surface area contributed by atoms with E-state index in [2.05, 4.69) is 22.4 Å². The summed E-state index contributed by atoms with van der Waals surface area (Å²) in [6.07, 6.45) is 2.51. The zero-order chi connectivity index (χ0) is 21.8. The first-order valence-corrected chi connectivity index (χ1v) is 11.0. The van der Waals surface area contributed by atoms with Gasteiger partial charge >= 0.3 is 0 Å². The molecule has 4 aromatic rings. The number of aryl methyl sites for hydroxylation is 1. The minimum absolute atomic E-state index is 0.105. The van der Waals surface area contributed by atoms with E-state index in [4.69, 9.17) is 16.0 Å². The Bertz CT molecular complexity index is 1190. The van der Waals surface area contributed by atoms with E-state index in [1.54, 1.807) is 6.26 Å². The molecule has 0 unspecified atom stereocenters. The summed E-state index contributed by atoms with van der Waals surface area (Å²) in [5, 5.41) is 13.2. The Balaban J connectivity index is 1.74. The molecule has 8 heteroatoms. The number of nitrogens with one attached hydrogen (secondary N) is 1. The van der Waals surface area contributed by atoms with Crippen LogP contribution < -0.4 is 5.32 Å². The number of amides is 1. The van der Waals surface area contributed by atoms with Gasteiger partial charge in [0.25, 0.3) is 0 Å². The van der Waals surface area contributed by atoms with Crippen molar-refractivity contribution < 1.29 is 9.21 Å². The SMILES string of the molecule is CCc1ccc(NC(C)=O)cc1Sc1nnc(-c2ccc(Cl)cc2)n1Cc1ccco1. The molecule has 0 aliphatic heterocycles. The zero-order valence-electron chi connectivity index (χ0n) is 17.1. The van der Waals surface area contributed by atoms with E-state index in [0.29, 0.717) is 11.6 Å². The first-order valence-electron chi connectivity index (χ1n) is 9.83. The molecule has 158 valence electrons. The molecule has 1 amide bonds. The van der Waals surface area contributed by atoms with E-state index in [0.717, 1.165) is 39.3 Å². The number of rotatable bonds is 7. The van der Waals surface area contributed by atoms with Gasteiger partial charge in [-0.1, -0.05) is 24.6 Å². The third-order valence-corrected chi connectivity index (χ3v) is 6.02. The van der Waals surface area contributed by atoms with Gasteiger partial charge < -0.3 is 9.73 Å². The van der Waals surface area contributed by atoms with Gasteiger partial charge in [-0.05, 0) is 72.3 Å². The van der Waals surface area contributed by atoms with E-state index >= 15 is 0 Å². The number of furan rings is 1. The molecule has 4 rings (SSSR count). The fourth-order valence-electron chi connectivity index (χ4n) is 3.20. The van der Waals surface area contributed by atoms with E-state index in [-0.39, 0.29) is 5.91 Å². The van der Waals surface area contributed by atoms with Crippen LogP contribution >= 0.6 is 23.4 Å². The molecule has 2 heterocycles. The molecule has 0 saturated carbocycles. The van der Waals surface area contributed by atoms with Crippen LogP contribution in [-0.2, 0) is 17.8 Å². The Labute approximate surface area is 189 Å². The Kier molecular flexibility index (Phi) is 6.44.